The normalized spacial score (nSPS) is 27.3. The van der Waals surface area contributed by atoms with Crippen LogP contribution in [-0.4, -0.2) is 136 Å². The summed E-state index contributed by atoms with van der Waals surface area (Å²) in [5.74, 6) is 0.246. The van der Waals surface area contributed by atoms with Gasteiger partial charge in [-0.1, -0.05) is 72.8 Å². The molecule has 7 unspecified atom stereocenters. The van der Waals surface area contributed by atoms with Gasteiger partial charge in [0.15, 0.2) is 59.0 Å². The molecule has 4 saturated heterocycles. The Hall–Kier alpha value is -6.42. The first-order chi connectivity index (χ1) is 35.3. The number of phosphoric acid groups is 2. The van der Waals surface area contributed by atoms with Crippen LogP contribution >= 0.6 is 15.6 Å². The van der Waals surface area contributed by atoms with Gasteiger partial charge in [-0.25, -0.2) is 48.6 Å². The molecule has 384 valence electrons. The van der Waals surface area contributed by atoms with Gasteiger partial charge in [-0.15, -0.1) is 0 Å². The fourth-order valence-corrected chi connectivity index (χ4v) is 10.6. The largest absolute Gasteiger partial charge is 0.481 e. The summed E-state index contributed by atoms with van der Waals surface area (Å²) in [6.45, 7) is 2.83. The summed E-state index contributed by atoms with van der Waals surface area (Å²) in [5, 5.41) is 10.5. The smallest absolute Gasteiger partial charge is 0.347 e. The summed E-state index contributed by atoms with van der Waals surface area (Å²) in [7, 11) is -10.9. The summed E-state index contributed by atoms with van der Waals surface area (Å²) in [6.07, 6.45) is 2.42. The van der Waals surface area contributed by atoms with Gasteiger partial charge in [0, 0.05) is 13.1 Å². The molecule has 0 spiro atoms. The van der Waals surface area contributed by atoms with Crippen LogP contribution in [0.15, 0.2) is 98.1 Å². The second-order valence-corrected chi connectivity index (χ2v) is 19.5. The zero-order valence-electron chi connectivity index (χ0n) is 38.7. The number of urea groups is 2. The van der Waals surface area contributed by atoms with E-state index in [4.69, 9.17) is 41.8 Å². The first kappa shape index (κ1) is 50.1. The predicted octanol–water partition coefficient (Wildman–Crippen LogP) is 4.64. The predicted molar refractivity (Wildman–Crippen MR) is 255 cm³/mol. The SMILES string of the molecule is CCNC(=O)Nc1ncnc2c1ncn2[C@@H]1O[C@H](COP(=O)(O)OP(=O)(O)OC[C@H]2O[C@@H](n3cnc4c(NC(=O)NCC)ncnc43)[C@H]3OC(/C=C/c4ccccc4)OC23)C2OC(/C=C/c3ccccc3)OC21. The van der Waals surface area contributed by atoms with E-state index >= 15 is 0 Å². The molecule has 6 N–H and O–H groups in total. The molecule has 2 aromatic carbocycles. The molecule has 0 aliphatic carbocycles. The van der Waals surface area contributed by atoms with Crippen molar-refractivity contribution in [3.63, 3.8) is 0 Å². The van der Waals surface area contributed by atoms with E-state index < -0.39 is 103 Å². The summed E-state index contributed by atoms with van der Waals surface area (Å²) >= 11 is 0. The van der Waals surface area contributed by atoms with Crippen LogP contribution in [-0.2, 0) is 50.9 Å². The number of rotatable bonds is 18. The summed E-state index contributed by atoms with van der Waals surface area (Å²) in [6, 6.07) is 17.8. The van der Waals surface area contributed by atoms with Crippen LogP contribution in [0.1, 0.15) is 37.4 Å². The van der Waals surface area contributed by atoms with Crippen LogP contribution < -0.4 is 21.3 Å². The Morgan fingerprint density at radius 3 is 1.42 bits per heavy atom. The zero-order chi connectivity index (χ0) is 50.7. The zero-order valence-corrected chi connectivity index (χ0v) is 40.5. The van der Waals surface area contributed by atoms with Crippen molar-refractivity contribution >= 4 is 73.8 Å². The number of phosphoric ester groups is 2. The number of imidazole rings is 2. The number of anilines is 2. The van der Waals surface area contributed by atoms with Crippen LogP contribution in [0.4, 0.5) is 21.2 Å². The van der Waals surface area contributed by atoms with Crippen LogP contribution in [0.2, 0.25) is 0 Å². The van der Waals surface area contributed by atoms with E-state index in [-0.39, 0.29) is 34.0 Å². The lowest BCUT2D eigenvalue weighted by Crippen LogP contribution is -2.32. The Labute approximate surface area is 414 Å². The maximum Gasteiger partial charge on any atom is 0.481 e. The number of ether oxygens (including phenoxy) is 6. The van der Waals surface area contributed by atoms with Crippen LogP contribution in [0.25, 0.3) is 34.5 Å². The van der Waals surface area contributed by atoms with Crippen molar-refractivity contribution in [3.8, 4) is 0 Å². The van der Waals surface area contributed by atoms with Gasteiger partial charge in [0.1, 0.15) is 49.3 Å². The minimum atomic E-state index is -5.43. The molecule has 4 fully saturated rings. The van der Waals surface area contributed by atoms with Gasteiger partial charge in [-0.3, -0.25) is 28.8 Å². The van der Waals surface area contributed by atoms with E-state index in [1.807, 2.05) is 60.7 Å². The Morgan fingerprint density at radius 2 is 1.01 bits per heavy atom. The highest BCUT2D eigenvalue weighted by molar-refractivity contribution is 7.61. The number of carbonyl (C=O) groups is 2. The van der Waals surface area contributed by atoms with Crippen molar-refractivity contribution in [1.82, 2.24) is 49.7 Å². The number of fused-ring (bicyclic) bond motifs is 4. The molecule has 10 rings (SSSR count). The van der Waals surface area contributed by atoms with E-state index in [1.165, 1.54) is 34.4 Å². The van der Waals surface area contributed by atoms with Crippen molar-refractivity contribution < 1.29 is 70.3 Å². The number of benzene rings is 2. The van der Waals surface area contributed by atoms with Crippen LogP contribution in [0.5, 0.6) is 0 Å². The minimum Gasteiger partial charge on any atom is -0.347 e. The van der Waals surface area contributed by atoms with E-state index in [0.29, 0.717) is 13.1 Å². The molecular weight excluding hydrogens is 999 g/mol. The average molecular weight is 1050 g/mol. The number of hydrogen-bond acceptors (Lipinski definition) is 19. The molecule has 8 heterocycles. The quantitative estimate of drug-likeness (QED) is 0.0638. The molecule has 12 atom stereocenters. The standard InChI is InChI=1S/C44H48N12O15P2/c1-3-45-43(57)53-37-31-39(49-21-47-37)55(23-51-31)41-35-33(67-29(69-35)17-15-25-11-7-5-8-12-25)27(65-41)19-63-72(59,60)71-73(61,62)64-20-28-34-36(70-30(68-34)18-16-26-13-9-6-10-14-26)42(66-28)56-24-52-32-38(48-22-50-40(32)56)54-44(58)46-4-2/h5-18,21-24,27-30,33-36,41-42H,3-4,19-20H2,1-2H3,(H,59,60)(H,61,62)(H2,45,47,49,53,57)(H2,46,48,50,54,58)/b17-15+,18-16+/t27-,28-,29?,30?,33?,34?,35+,36?,41-,42-/m1/s1. The van der Waals surface area contributed by atoms with Gasteiger partial charge in [0.25, 0.3) is 0 Å². The average Bonchev–Trinajstić information content (AvgIpc) is 4.24. The monoisotopic (exact) mass is 1050 g/mol. The molecule has 4 amide bonds. The van der Waals surface area contributed by atoms with Crippen molar-refractivity contribution in [1.29, 1.82) is 0 Å². The third-order valence-electron chi connectivity index (χ3n) is 11.6. The number of nitrogens with zero attached hydrogens (tertiary/aromatic N) is 8. The summed E-state index contributed by atoms with van der Waals surface area (Å²) in [4.78, 5) is 72.4. The lowest BCUT2D eigenvalue weighted by Gasteiger charge is -2.22. The molecule has 0 radical (unpaired) electrons. The lowest BCUT2D eigenvalue weighted by molar-refractivity contribution is -0.133. The highest BCUT2D eigenvalue weighted by Gasteiger charge is 2.56. The number of nitrogens with one attached hydrogen (secondary N) is 4. The Bertz CT molecular complexity index is 2890. The van der Waals surface area contributed by atoms with Crippen LogP contribution in [0, 0.1) is 0 Å². The third kappa shape index (κ3) is 11.2. The molecule has 4 aliphatic rings. The van der Waals surface area contributed by atoms with Gasteiger partial charge in [-0.05, 0) is 37.1 Å². The van der Waals surface area contributed by atoms with Gasteiger partial charge in [-0.2, -0.15) is 4.31 Å². The first-order valence-electron chi connectivity index (χ1n) is 22.9. The highest BCUT2D eigenvalue weighted by atomic mass is 31.3. The van der Waals surface area contributed by atoms with E-state index in [2.05, 4.69) is 51.2 Å². The van der Waals surface area contributed by atoms with Gasteiger partial charge >= 0.3 is 27.7 Å². The fraction of sp³-hybridized carbons (Fsp3) is 0.364. The second-order valence-electron chi connectivity index (χ2n) is 16.5. The third-order valence-corrected chi connectivity index (χ3v) is 14.2. The maximum absolute atomic E-state index is 13.5. The molecule has 6 aromatic rings. The van der Waals surface area contributed by atoms with Crippen LogP contribution in [0.3, 0.4) is 0 Å². The van der Waals surface area contributed by atoms with E-state index in [1.54, 1.807) is 38.2 Å². The van der Waals surface area contributed by atoms with Gasteiger partial charge in [0.05, 0.1) is 25.9 Å². The lowest BCUT2D eigenvalue weighted by atomic mass is 10.1. The van der Waals surface area contributed by atoms with E-state index in [0.717, 1.165) is 11.1 Å². The maximum atomic E-state index is 13.5. The molecular formula is C44H48N12O15P2. The van der Waals surface area contributed by atoms with Crippen molar-refractivity contribution in [2.24, 2.45) is 0 Å². The van der Waals surface area contributed by atoms with Gasteiger partial charge < -0.3 is 48.8 Å². The summed E-state index contributed by atoms with van der Waals surface area (Å²) in [5.41, 5.74) is 2.69. The molecule has 4 aliphatic heterocycles. The molecule has 29 heteroatoms. The number of hydrogen-bond donors (Lipinski definition) is 6. The Morgan fingerprint density at radius 1 is 0.603 bits per heavy atom. The topological polar surface area (TPSA) is 327 Å². The molecule has 27 nitrogen and oxygen atoms in total. The van der Waals surface area contributed by atoms with Gasteiger partial charge in [0.2, 0.25) is 0 Å². The molecule has 0 bridgehead atoms. The Balaban J connectivity index is 0.830. The van der Waals surface area contributed by atoms with Crippen molar-refractivity contribution in [3.05, 3.63) is 109 Å². The molecule has 0 saturated carbocycles. The van der Waals surface area contributed by atoms with Crippen molar-refractivity contribution in [2.45, 2.75) is 75.5 Å². The fourth-order valence-electron chi connectivity index (χ4n) is 8.52. The number of carbonyl (C=O) groups excluding carboxylic acids is 2. The van der Waals surface area contributed by atoms with Crippen molar-refractivity contribution in [2.75, 3.05) is 36.9 Å². The molecule has 4 aromatic heterocycles. The number of aromatic nitrogens is 8. The van der Waals surface area contributed by atoms with E-state index in [9.17, 15) is 28.5 Å². The second kappa shape index (κ2) is 21.6. The summed E-state index contributed by atoms with van der Waals surface area (Å²) < 4.78 is 83.1. The minimum absolute atomic E-state index is 0.123. The Kier molecular flexibility index (Phi) is 14.8. The first-order valence-corrected chi connectivity index (χ1v) is 25.8. The molecule has 73 heavy (non-hydrogen) atoms. The highest BCUT2D eigenvalue weighted by Crippen LogP contribution is 2.61. The number of amides is 4.